The highest BCUT2D eigenvalue weighted by Gasteiger charge is 2.29. The molecule has 0 fully saturated rings. The van der Waals surface area contributed by atoms with E-state index in [0.717, 1.165) is 0 Å². The number of H-pyrrole nitrogens is 1. The lowest BCUT2D eigenvalue weighted by molar-refractivity contribution is 0.0368. The Morgan fingerprint density at radius 3 is 2.84 bits per heavy atom. The first-order valence-corrected chi connectivity index (χ1v) is 5.93. The van der Waals surface area contributed by atoms with E-state index in [2.05, 4.69) is 9.97 Å². The molecule has 0 aliphatic heterocycles. The molecular weight excluding hydrogens is 246 g/mol. The molecule has 0 saturated carbocycles. The van der Waals surface area contributed by atoms with Gasteiger partial charge in [-0.1, -0.05) is 12.2 Å². The Labute approximate surface area is 108 Å². The molecule has 2 heterocycles. The van der Waals surface area contributed by atoms with Crippen LogP contribution >= 0.6 is 0 Å². The average molecular weight is 259 g/mol. The molecule has 0 aromatic carbocycles. The number of pyridine rings is 1. The van der Waals surface area contributed by atoms with E-state index < -0.39 is 12.2 Å². The van der Waals surface area contributed by atoms with Gasteiger partial charge in [-0.2, -0.15) is 0 Å². The molecule has 0 saturated heterocycles. The summed E-state index contributed by atoms with van der Waals surface area (Å²) in [5.74, 6) is 0. The van der Waals surface area contributed by atoms with Gasteiger partial charge in [0.05, 0.1) is 23.6 Å². The number of aromatic nitrogens is 3. The molecule has 1 aliphatic carbocycles. The molecule has 1 unspecified atom stereocenters. The van der Waals surface area contributed by atoms with Gasteiger partial charge in [0.25, 0.3) is 5.56 Å². The molecule has 2 aromatic heterocycles. The zero-order valence-electron chi connectivity index (χ0n) is 9.97. The normalized spacial score (nSPS) is 25.9. The molecule has 2 aromatic rings. The van der Waals surface area contributed by atoms with Crippen LogP contribution in [0, 0.1) is 0 Å². The molecule has 1 aliphatic rings. The Kier molecular flexibility index (Phi) is 2.81. The van der Waals surface area contributed by atoms with Crippen LogP contribution in [-0.4, -0.2) is 37.0 Å². The van der Waals surface area contributed by atoms with Gasteiger partial charge >= 0.3 is 0 Å². The van der Waals surface area contributed by atoms with Crippen molar-refractivity contribution < 1.29 is 10.2 Å². The van der Waals surface area contributed by atoms with Crippen molar-refractivity contribution in [2.75, 3.05) is 0 Å². The number of hydrogen-bond donors (Lipinski definition) is 3. The quantitative estimate of drug-likeness (QED) is 0.666. The van der Waals surface area contributed by atoms with Gasteiger partial charge in [0.2, 0.25) is 0 Å². The maximum atomic E-state index is 11.7. The van der Waals surface area contributed by atoms with Gasteiger partial charge in [-0.15, -0.1) is 0 Å². The number of rotatable bonds is 2. The van der Waals surface area contributed by atoms with Crippen LogP contribution in [0.2, 0.25) is 0 Å². The van der Waals surface area contributed by atoms with Gasteiger partial charge in [-0.05, 0) is 12.1 Å². The highest BCUT2D eigenvalue weighted by Crippen LogP contribution is 2.25. The molecule has 0 spiro atoms. The fourth-order valence-corrected chi connectivity index (χ4v) is 2.20. The van der Waals surface area contributed by atoms with Crippen LogP contribution in [0.5, 0.6) is 0 Å². The minimum absolute atomic E-state index is 0.213. The first-order chi connectivity index (χ1) is 9.16. The van der Waals surface area contributed by atoms with Crippen molar-refractivity contribution in [3.05, 3.63) is 53.4 Å². The van der Waals surface area contributed by atoms with Crippen molar-refractivity contribution in [2.45, 2.75) is 18.2 Å². The number of hydrogen-bond acceptors (Lipinski definition) is 4. The summed E-state index contributed by atoms with van der Waals surface area (Å²) in [7, 11) is 0. The summed E-state index contributed by atoms with van der Waals surface area (Å²) in [4.78, 5) is 18.4. The molecule has 0 bridgehead atoms. The Hall–Kier alpha value is -2.18. The van der Waals surface area contributed by atoms with Crippen LogP contribution in [0.4, 0.5) is 0 Å². The molecule has 0 radical (unpaired) electrons. The summed E-state index contributed by atoms with van der Waals surface area (Å²) in [5, 5.41) is 19.3. The van der Waals surface area contributed by atoms with Crippen molar-refractivity contribution >= 4 is 0 Å². The van der Waals surface area contributed by atoms with E-state index in [4.69, 9.17) is 0 Å². The minimum atomic E-state index is -0.892. The largest absolute Gasteiger partial charge is 0.388 e. The number of aromatic amines is 1. The number of aliphatic hydroxyl groups excluding tert-OH is 2. The van der Waals surface area contributed by atoms with Gasteiger partial charge in [0.1, 0.15) is 12.2 Å². The van der Waals surface area contributed by atoms with Gasteiger partial charge in [-0.3, -0.25) is 4.79 Å². The summed E-state index contributed by atoms with van der Waals surface area (Å²) >= 11 is 0. The number of aliphatic hydroxyl groups is 2. The van der Waals surface area contributed by atoms with Gasteiger partial charge in [0, 0.05) is 12.4 Å². The smallest absolute Gasteiger partial charge is 0.257 e. The number of nitrogens with one attached hydrogen (secondary N) is 1. The van der Waals surface area contributed by atoms with E-state index in [9.17, 15) is 15.0 Å². The molecule has 3 N–H and O–H groups in total. The van der Waals surface area contributed by atoms with E-state index in [-0.39, 0.29) is 11.6 Å². The average Bonchev–Trinajstić information content (AvgIpc) is 2.99. The summed E-state index contributed by atoms with van der Waals surface area (Å²) in [6.07, 6.45) is 6.29. The maximum Gasteiger partial charge on any atom is 0.257 e. The Balaban J connectivity index is 1.95. The Morgan fingerprint density at radius 2 is 2.16 bits per heavy atom. The van der Waals surface area contributed by atoms with E-state index in [1.54, 1.807) is 41.2 Å². The number of nitrogens with zero attached hydrogens (tertiary/aromatic N) is 2. The second-order valence-corrected chi connectivity index (χ2v) is 4.48. The SMILES string of the molecule is O=c1[nH]cccc1-c1cn(C2C=C[C@@H](O)[C@H]2O)cn1. The monoisotopic (exact) mass is 259 g/mol. The molecule has 0 amide bonds. The Morgan fingerprint density at radius 1 is 1.32 bits per heavy atom. The predicted octanol–water partition coefficient (Wildman–Crippen LogP) is 0.0711. The molecule has 98 valence electrons. The third-order valence-electron chi connectivity index (χ3n) is 3.25. The molecule has 3 rings (SSSR count). The molecule has 6 nitrogen and oxygen atoms in total. The third kappa shape index (κ3) is 2.00. The summed E-state index contributed by atoms with van der Waals surface area (Å²) in [6.45, 7) is 0. The van der Waals surface area contributed by atoms with Crippen LogP contribution < -0.4 is 5.56 Å². The van der Waals surface area contributed by atoms with Crippen LogP contribution in [0.25, 0.3) is 11.3 Å². The highest BCUT2D eigenvalue weighted by molar-refractivity contribution is 5.56. The third-order valence-corrected chi connectivity index (χ3v) is 3.25. The van der Waals surface area contributed by atoms with Crippen LogP contribution in [0.1, 0.15) is 6.04 Å². The topological polar surface area (TPSA) is 91.1 Å². The number of imidazole rings is 1. The lowest BCUT2D eigenvalue weighted by Gasteiger charge is -2.17. The molecular formula is C13H13N3O3. The van der Waals surface area contributed by atoms with Crippen molar-refractivity contribution in [1.29, 1.82) is 0 Å². The van der Waals surface area contributed by atoms with Gasteiger partial charge in [0.15, 0.2) is 0 Å². The van der Waals surface area contributed by atoms with Gasteiger partial charge in [-0.25, -0.2) is 4.98 Å². The predicted molar refractivity (Wildman–Crippen MR) is 68.5 cm³/mol. The fourth-order valence-electron chi connectivity index (χ4n) is 2.20. The van der Waals surface area contributed by atoms with E-state index in [1.165, 1.54) is 6.33 Å². The first-order valence-electron chi connectivity index (χ1n) is 5.93. The van der Waals surface area contributed by atoms with Crippen molar-refractivity contribution in [3.8, 4) is 11.3 Å². The van der Waals surface area contributed by atoms with E-state index in [0.29, 0.717) is 11.3 Å². The second kappa shape index (κ2) is 4.49. The highest BCUT2D eigenvalue weighted by atomic mass is 16.3. The minimum Gasteiger partial charge on any atom is -0.388 e. The van der Waals surface area contributed by atoms with E-state index >= 15 is 0 Å². The summed E-state index contributed by atoms with van der Waals surface area (Å²) in [5.41, 5.74) is 0.789. The standard InChI is InChI=1S/C13H13N3O3/c17-11-4-3-10(12(11)18)16-6-9(15-7-16)8-2-1-5-14-13(8)19/h1-7,10-12,17-18H,(H,14,19)/t10?,11-,12+/m1/s1. The van der Waals surface area contributed by atoms with Crippen LogP contribution in [-0.2, 0) is 0 Å². The molecule has 19 heavy (non-hydrogen) atoms. The van der Waals surface area contributed by atoms with Crippen molar-refractivity contribution in [3.63, 3.8) is 0 Å². The van der Waals surface area contributed by atoms with Crippen LogP contribution in [0.3, 0.4) is 0 Å². The lowest BCUT2D eigenvalue weighted by atomic mass is 10.2. The maximum absolute atomic E-state index is 11.7. The summed E-state index contributed by atoms with van der Waals surface area (Å²) < 4.78 is 1.68. The summed E-state index contributed by atoms with van der Waals surface area (Å²) in [6, 6.07) is 3.05. The van der Waals surface area contributed by atoms with Crippen LogP contribution in [0.15, 0.2) is 47.8 Å². The lowest BCUT2D eigenvalue weighted by Crippen LogP contribution is -2.27. The van der Waals surface area contributed by atoms with Crippen molar-refractivity contribution in [1.82, 2.24) is 14.5 Å². The molecule has 3 atom stereocenters. The zero-order valence-corrected chi connectivity index (χ0v) is 9.97. The second-order valence-electron chi connectivity index (χ2n) is 4.48. The van der Waals surface area contributed by atoms with Crippen molar-refractivity contribution in [2.24, 2.45) is 0 Å². The van der Waals surface area contributed by atoms with Gasteiger partial charge < -0.3 is 19.8 Å². The first kappa shape index (κ1) is 11.9. The Bertz CT molecular complexity index is 674. The molecule has 6 heteroatoms. The van der Waals surface area contributed by atoms with E-state index in [1.807, 2.05) is 0 Å². The zero-order chi connectivity index (χ0) is 13.4. The fraction of sp³-hybridized carbons (Fsp3) is 0.231.